The van der Waals surface area contributed by atoms with E-state index < -0.39 is 5.97 Å². The molecule has 0 spiro atoms. The standard InChI is InChI=1S/C16H22BrNO2/c1-10-8-12(16(2,3)14(10)17)9-18-13-6-4-11(5-7-13)15(19)20/h4-7,10,12,14,18H,8-9H2,1-3H3,(H,19,20). The minimum atomic E-state index is -0.885. The highest BCUT2D eigenvalue weighted by atomic mass is 79.9. The summed E-state index contributed by atoms with van der Waals surface area (Å²) in [5.74, 6) is 0.414. The Morgan fingerprint density at radius 3 is 2.45 bits per heavy atom. The maximum Gasteiger partial charge on any atom is 0.335 e. The predicted octanol–water partition coefficient (Wildman–Crippen LogP) is 4.24. The number of anilines is 1. The summed E-state index contributed by atoms with van der Waals surface area (Å²) in [4.78, 5) is 11.4. The van der Waals surface area contributed by atoms with Crippen molar-refractivity contribution in [3.05, 3.63) is 29.8 Å². The zero-order valence-corrected chi connectivity index (χ0v) is 13.8. The van der Waals surface area contributed by atoms with Crippen LogP contribution in [0.3, 0.4) is 0 Å². The van der Waals surface area contributed by atoms with Crippen molar-refractivity contribution in [3.63, 3.8) is 0 Å². The van der Waals surface area contributed by atoms with Crippen LogP contribution in [-0.2, 0) is 0 Å². The molecule has 0 aliphatic heterocycles. The average molecular weight is 340 g/mol. The molecular formula is C16H22BrNO2. The van der Waals surface area contributed by atoms with Gasteiger partial charge in [-0.05, 0) is 47.9 Å². The van der Waals surface area contributed by atoms with Crippen molar-refractivity contribution in [1.82, 2.24) is 0 Å². The molecule has 0 aromatic heterocycles. The number of carboxylic acid groups (broad SMARTS) is 1. The van der Waals surface area contributed by atoms with E-state index >= 15 is 0 Å². The molecule has 0 amide bonds. The maximum absolute atomic E-state index is 10.8. The van der Waals surface area contributed by atoms with Gasteiger partial charge in [0.05, 0.1) is 5.56 Å². The van der Waals surface area contributed by atoms with Gasteiger partial charge in [-0.2, -0.15) is 0 Å². The number of alkyl halides is 1. The van der Waals surface area contributed by atoms with Crippen molar-refractivity contribution in [2.75, 3.05) is 11.9 Å². The monoisotopic (exact) mass is 339 g/mol. The van der Waals surface area contributed by atoms with E-state index in [9.17, 15) is 4.79 Å². The lowest BCUT2D eigenvalue weighted by Crippen LogP contribution is -2.30. The molecule has 1 aromatic rings. The molecule has 0 heterocycles. The number of halogens is 1. The van der Waals surface area contributed by atoms with Crippen molar-refractivity contribution >= 4 is 27.6 Å². The smallest absolute Gasteiger partial charge is 0.335 e. The van der Waals surface area contributed by atoms with Gasteiger partial charge in [0.25, 0.3) is 0 Å². The second-order valence-electron chi connectivity index (χ2n) is 6.40. The van der Waals surface area contributed by atoms with Gasteiger partial charge in [-0.3, -0.25) is 0 Å². The molecule has 3 nitrogen and oxygen atoms in total. The molecule has 20 heavy (non-hydrogen) atoms. The van der Waals surface area contributed by atoms with E-state index in [1.165, 1.54) is 6.42 Å². The zero-order chi connectivity index (χ0) is 14.9. The maximum atomic E-state index is 10.8. The molecule has 3 unspecified atom stereocenters. The molecule has 0 radical (unpaired) electrons. The van der Waals surface area contributed by atoms with Crippen molar-refractivity contribution < 1.29 is 9.90 Å². The van der Waals surface area contributed by atoms with Gasteiger partial charge >= 0.3 is 5.97 Å². The van der Waals surface area contributed by atoms with E-state index in [0.29, 0.717) is 22.2 Å². The van der Waals surface area contributed by atoms with Gasteiger partial charge in [0.15, 0.2) is 0 Å². The van der Waals surface area contributed by atoms with Crippen LogP contribution in [0.15, 0.2) is 24.3 Å². The van der Waals surface area contributed by atoms with Crippen LogP contribution < -0.4 is 5.32 Å². The number of carbonyl (C=O) groups is 1. The third kappa shape index (κ3) is 3.00. The quantitative estimate of drug-likeness (QED) is 0.806. The average Bonchev–Trinajstić information content (AvgIpc) is 2.60. The Balaban J connectivity index is 1.97. The highest BCUT2D eigenvalue weighted by Crippen LogP contribution is 2.49. The van der Waals surface area contributed by atoms with Gasteiger partial charge in [0.2, 0.25) is 0 Å². The lowest BCUT2D eigenvalue weighted by Gasteiger charge is -2.31. The molecule has 2 rings (SSSR count). The van der Waals surface area contributed by atoms with E-state index in [1.807, 2.05) is 12.1 Å². The molecule has 1 aromatic carbocycles. The Labute approximate surface area is 128 Å². The molecule has 0 saturated heterocycles. The highest BCUT2D eigenvalue weighted by molar-refractivity contribution is 9.09. The van der Waals surface area contributed by atoms with E-state index in [0.717, 1.165) is 12.2 Å². The summed E-state index contributed by atoms with van der Waals surface area (Å²) < 4.78 is 0. The molecule has 3 atom stereocenters. The number of hydrogen-bond donors (Lipinski definition) is 2. The minimum absolute atomic E-state index is 0.271. The molecule has 1 aliphatic carbocycles. The third-order valence-corrected chi connectivity index (χ3v) is 6.69. The first-order valence-electron chi connectivity index (χ1n) is 7.03. The lowest BCUT2D eigenvalue weighted by atomic mass is 9.81. The largest absolute Gasteiger partial charge is 0.478 e. The number of nitrogens with one attached hydrogen (secondary N) is 1. The second-order valence-corrected chi connectivity index (χ2v) is 7.38. The topological polar surface area (TPSA) is 49.3 Å². The summed E-state index contributed by atoms with van der Waals surface area (Å²) in [6.07, 6.45) is 1.21. The van der Waals surface area contributed by atoms with Gasteiger partial charge in [0, 0.05) is 17.1 Å². The van der Waals surface area contributed by atoms with Crippen molar-refractivity contribution in [3.8, 4) is 0 Å². The first-order valence-corrected chi connectivity index (χ1v) is 7.95. The van der Waals surface area contributed by atoms with Crippen LogP contribution >= 0.6 is 15.9 Å². The fourth-order valence-electron chi connectivity index (χ4n) is 3.15. The normalized spacial score (nSPS) is 28.3. The van der Waals surface area contributed by atoms with Crippen LogP contribution in [0, 0.1) is 17.3 Å². The molecular weight excluding hydrogens is 318 g/mol. The van der Waals surface area contributed by atoms with Crippen LogP contribution in [0.4, 0.5) is 5.69 Å². The van der Waals surface area contributed by atoms with Crippen LogP contribution in [0.25, 0.3) is 0 Å². The first-order chi connectivity index (χ1) is 9.32. The summed E-state index contributed by atoms with van der Waals surface area (Å²) in [6.45, 7) is 7.85. The molecule has 2 N–H and O–H groups in total. The number of benzene rings is 1. The summed E-state index contributed by atoms with van der Waals surface area (Å²) in [5.41, 5.74) is 1.58. The second kappa shape index (κ2) is 5.76. The van der Waals surface area contributed by atoms with Crippen molar-refractivity contribution in [2.45, 2.75) is 32.0 Å². The Kier molecular flexibility index (Phi) is 4.43. The number of rotatable bonds is 4. The Hall–Kier alpha value is -1.03. The fraction of sp³-hybridized carbons (Fsp3) is 0.562. The molecule has 4 heteroatoms. The third-order valence-electron chi connectivity index (χ3n) is 4.60. The highest BCUT2D eigenvalue weighted by Gasteiger charge is 2.45. The number of carboxylic acids is 1. The Morgan fingerprint density at radius 2 is 2.00 bits per heavy atom. The van der Waals surface area contributed by atoms with Crippen LogP contribution in [0.2, 0.25) is 0 Å². The Morgan fingerprint density at radius 1 is 1.40 bits per heavy atom. The van der Waals surface area contributed by atoms with Gasteiger partial charge in [-0.15, -0.1) is 0 Å². The SMILES string of the molecule is CC1CC(CNc2ccc(C(=O)O)cc2)C(C)(C)C1Br. The Bertz CT molecular complexity index is 484. The van der Waals surface area contributed by atoms with E-state index in [-0.39, 0.29) is 5.41 Å². The number of hydrogen-bond acceptors (Lipinski definition) is 2. The summed E-state index contributed by atoms with van der Waals surface area (Å²) in [6, 6.07) is 6.95. The molecule has 110 valence electrons. The predicted molar refractivity (Wildman–Crippen MR) is 85.7 cm³/mol. The summed E-state index contributed by atoms with van der Waals surface area (Å²) in [5, 5.41) is 12.3. The van der Waals surface area contributed by atoms with Gasteiger partial charge in [0.1, 0.15) is 0 Å². The van der Waals surface area contributed by atoms with Gasteiger partial charge in [-0.25, -0.2) is 4.79 Å². The molecule has 1 aliphatic rings. The first kappa shape index (κ1) is 15.4. The van der Waals surface area contributed by atoms with Crippen molar-refractivity contribution in [1.29, 1.82) is 0 Å². The van der Waals surface area contributed by atoms with E-state index in [1.54, 1.807) is 12.1 Å². The van der Waals surface area contributed by atoms with Gasteiger partial charge in [-0.1, -0.05) is 36.7 Å². The van der Waals surface area contributed by atoms with Crippen LogP contribution in [-0.4, -0.2) is 22.4 Å². The van der Waals surface area contributed by atoms with Crippen LogP contribution in [0.5, 0.6) is 0 Å². The van der Waals surface area contributed by atoms with Crippen molar-refractivity contribution in [2.24, 2.45) is 17.3 Å². The number of aromatic carboxylic acids is 1. The molecule has 0 bridgehead atoms. The summed E-state index contributed by atoms with van der Waals surface area (Å²) >= 11 is 3.82. The van der Waals surface area contributed by atoms with E-state index in [4.69, 9.17) is 5.11 Å². The zero-order valence-electron chi connectivity index (χ0n) is 12.2. The minimum Gasteiger partial charge on any atom is -0.478 e. The van der Waals surface area contributed by atoms with Gasteiger partial charge < -0.3 is 10.4 Å². The fourth-order valence-corrected chi connectivity index (χ4v) is 3.74. The lowest BCUT2D eigenvalue weighted by molar-refractivity contribution is 0.0697. The molecule has 1 saturated carbocycles. The molecule has 1 fully saturated rings. The summed E-state index contributed by atoms with van der Waals surface area (Å²) in [7, 11) is 0. The van der Waals surface area contributed by atoms with E-state index in [2.05, 4.69) is 42.0 Å². The van der Waals surface area contributed by atoms with Crippen LogP contribution in [0.1, 0.15) is 37.6 Å².